The molecule has 0 aliphatic carbocycles. The predicted molar refractivity (Wildman–Crippen MR) is 66.7 cm³/mol. The molecule has 0 radical (unpaired) electrons. The first-order valence-electron chi connectivity index (χ1n) is 5.88. The van der Waals surface area contributed by atoms with Gasteiger partial charge in [-0.25, -0.2) is 0 Å². The minimum atomic E-state index is -0.0602. The number of nitrogens with zero attached hydrogens (tertiary/aromatic N) is 2. The molecule has 0 spiro atoms. The second kappa shape index (κ2) is 5.60. The van der Waals surface area contributed by atoms with Crippen LogP contribution in [0.25, 0.3) is 0 Å². The zero-order valence-corrected chi connectivity index (χ0v) is 11.1. The second-order valence-corrected chi connectivity index (χ2v) is 5.57. The molecule has 4 nitrogen and oxygen atoms in total. The van der Waals surface area contributed by atoms with Gasteiger partial charge < -0.3 is 4.74 Å². The number of aromatic nitrogens is 1. The number of hydrogen-bond acceptors (Lipinski definition) is 5. The number of piperidine rings is 1. The smallest absolute Gasteiger partial charge is 0.309 e. The van der Waals surface area contributed by atoms with E-state index >= 15 is 0 Å². The van der Waals surface area contributed by atoms with Crippen LogP contribution in [0, 0.1) is 11.8 Å². The van der Waals surface area contributed by atoms with Gasteiger partial charge in [0.2, 0.25) is 0 Å². The predicted octanol–water partition coefficient (Wildman–Crippen LogP) is 1.77. The Balaban J connectivity index is 1.88. The third kappa shape index (κ3) is 3.04. The third-order valence-electron chi connectivity index (χ3n) is 3.36. The molecule has 0 amide bonds. The molecule has 2 atom stereocenters. The number of likely N-dealkylation sites (tertiary alicyclic amines) is 1. The van der Waals surface area contributed by atoms with Gasteiger partial charge in [-0.2, -0.15) is 0 Å². The third-order valence-corrected chi connectivity index (χ3v) is 4.12. The minimum Gasteiger partial charge on any atom is -0.469 e. The van der Waals surface area contributed by atoms with Crippen LogP contribution in [0.3, 0.4) is 0 Å². The van der Waals surface area contributed by atoms with Crippen molar-refractivity contribution < 1.29 is 9.53 Å². The molecule has 5 heteroatoms. The van der Waals surface area contributed by atoms with Gasteiger partial charge >= 0.3 is 5.97 Å². The Labute approximate surface area is 106 Å². The normalized spacial score (nSPS) is 25.8. The van der Waals surface area contributed by atoms with Crippen molar-refractivity contribution in [1.29, 1.82) is 0 Å². The van der Waals surface area contributed by atoms with Crippen molar-refractivity contribution in [3.63, 3.8) is 0 Å². The van der Waals surface area contributed by atoms with Crippen LogP contribution in [0.1, 0.15) is 18.2 Å². The number of carbonyl (C=O) groups is 1. The van der Waals surface area contributed by atoms with Crippen molar-refractivity contribution in [2.24, 2.45) is 11.8 Å². The monoisotopic (exact) mass is 254 g/mol. The highest BCUT2D eigenvalue weighted by Crippen LogP contribution is 2.25. The molecule has 0 bridgehead atoms. The van der Waals surface area contributed by atoms with Crippen molar-refractivity contribution in [1.82, 2.24) is 9.88 Å². The highest BCUT2D eigenvalue weighted by Gasteiger charge is 2.31. The Morgan fingerprint density at radius 3 is 3.12 bits per heavy atom. The van der Waals surface area contributed by atoms with Crippen LogP contribution >= 0.6 is 11.3 Å². The van der Waals surface area contributed by atoms with E-state index in [0.717, 1.165) is 26.1 Å². The Morgan fingerprint density at radius 1 is 1.71 bits per heavy atom. The lowest BCUT2D eigenvalue weighted by molar-refractivity contribution is -0.149. The van der Waals surface area contributed by atoms with Gasteiger partial charge in [-0.3, -0.25) is 14.7 Å². The van der Waals surface area contributed by atoms with Gasteiger partial charge in [-0.05, 0) is 18.9 Å². The first-order valence-corrected chi connectivity index (χ1v) is 6.76. The maximum Gasteiger partial charge on any atom is 0.309 e. The van der Waals surface area contributed by atoms with Crippen LogP contribution in [0.15, 0.2) is 11.7 Å². The lowest BCUT2D eigenvalue weighted by atomic mass is 9.87. The van der Waals surface area contributed by atoms with Crippen molar-refractivity contribution in [3.8, 4) is 0 Å². The van der Waals surface area contributed by atoms with Gasteiger partial charge in [0.25, 0.3) is 0 Å². The fourth-order valence-electron chi connectivity index (χ4n) is 2.42. The van der Waals surface area contributed by atoms with Crippen molar-refractivity contribution in [3.05, 3.63) is 16.6 Å². The number of rotatable bonds is 3. The molecule has 0 saturated carbocycles. The molecule has 1 fully saturated rings. The summed E-state index contributed by atoms with van der Waals surface area (Å²) in [7, 11) is 1.47. The number of methoxy groups -OCH3 is 1. The Kier molecular flexibility index (Phi) is 4.12. The second-order valence-electron chi connectivity index (χ2n) is 4.60. The lowest BCUT2D eigenvalue weighted by Crippen LogP contribution is -2.41. The van der Waals surface area contributed by atoms with Gasteiger partial charge in [0.05, 0.1) is 18.5 Å². The zero-order valence-electron chi connectivity index (χ0n) is 10.3. The fourth-order valence-corrected chi connectivity index (χ4v) is 3.05. The summed E-state index contributed by atoms with van der Waals surface area (Å²) in [5, 5.41) is 0. The average molecular weight is 254 g/mol. The maximum absolute atomic E-state index is 11.6. The number of ether oxygens (including phenoxy) is 1. The largest absolute Gasteiger partial charge is 0.469 e. The summed E-state index contributed by atoms with van der Waals surface area (Å²) >= 11 is 1.68. The Bertz CT molecular complexity index is 367. The minimum absolute atomic E-state index is 0.0602. The van der Waals surface area contributed by atoms with E-state index in [4.69, 9.17) is 4.74 Å². The molecule has 94 valence electrons. The summed E-state index contributed by atoms with van der Waals surface area (Å²) in [6, 6.07) is 0. The molecule has 1 aliphatic heterocycles. The zero-order chi connectivity index (χ0) is 12.3. The van der Waals surface area contributed by atoms with Gasteiger partial charge in [0.15, 0.2) is 0 Å². The summed E-state index contributed by atoms with van der Waals surface area (Å²) < 4.78 is 4.84. The van der Waals surface area contributed by atoms with Gasteiger partial charge in [0, 0.05) is 24.2 Å². The molecule has 1 aromatic heterocycles. The molecule has 17 heavy (non-hydrogen) atoms. The average Bonchev–Trinajstić information content (AvgIpc) is 2.81. The van der Waals surface area contributed by atoms with Crippen LogP contribution in [0.2, 0.25) is 0 Å². The molecule has 0 unspecified atom stereocenters. The van der Waals surface area contributed by atoms with Crippen LogP contribution in [0.4, 0.5) is 0 Å². The highest BCUT2D eigenvalue weighted by atomic mass is 32.1. The summed E-state index contributed by atoms with van der Waals surface area (Å²) in [5.74, 6) is 0.372. The van der Waals surface area contributed by atoms with Crippen LogP contribution in [0.5, 0.6) is 0 Å². The molecule has 0 aromatic carbocycles. The van der Waals surface area contributed by atoms with E-state index in [0.29, 0.717) is 5.92 Å². The molecule has 2 rings (SSSR count). The molecule has 1 aliphatic rings. The first kappa shape index (κ1) is 12.5. The van der Waals surface area contributed by atoms with E-state index < -0.39 is 0 Å². The van der Waals surface area contributed by atoms with E-state index in [9.17, 15) is 4.79 Å². The van der Waals surface area contributed by atoms with Crippen molar-refractivity contribution >= 4 is 17.3 Å². The van der Waals surface area contributed by atoms with Crippen molar-refractivity contribution in [2.75, 3.05) is 20.2 Å². The summed E-state index contributed by atoms with van der Waals surface area (Å²) in [4.78, 5) is 19.3. The number of hydrogen-bond donors (Lipinski definition) is 0. The van der Waals surface area contributed by atoms with Crippen LogP contribution in [-0.4, -0.2) is 36.1 Å². The maximum atomic E-state index is 11.6. The van der Waals surface area contributed by atoms with E-state index in [-0.39, 0.29) is 11.9 Å². The SMILES string of the molecule is COC(=O)[C@@H]1CCN(Cc2cncs2)C[C@@H]1C. The fraction of sp³-hybridized carbons (Fsp3) is 0.667. The molecular weight excluding hydrogens is 236 g/mol. The quantitative estimate of drug-likeness (QED) is 0.771. The molecule has 1 saturated heterocycles. The van der Waals surface area contributed by atoms with Gasteiger partial charge in [-0.1, -0.05) is 6.92 Å². The molecule has 1 aromatic rings. The van der Waals surface area contributed by atoms with E-state index in [1.165, 1.54) is 12.0 Å². The number of thiazole rings is 1. The Hall–Kier alpha value is -0.940. The standard InChI is InChI=1S/C12H18N2O2S/c1-9-6-14(7-10-5-13-8-17-10)4-3-11(9)12(15)16-2/h5,8-9,11H,3-4,6-7H2,1-2H3/t9-,11+/m0/s1. The summed E-state index contributed by atoms with van der Waals surface area (Å²) in [6.45, 7) is 4.99. The van der Waals surface area contributed by atoms with E-state index in [2.05, 4.69) is 16.8 Å². The number of esters is 1. The van der Waals surface area contributed by atoms with E-state index in [1.54, 1.807) is 11.3 Å². The number of carbonyl (C=O) groups excluding carboxylic acids is 1. The molecular formula is C12H18N2O2S. The van der Waals surface area contributed by atoms with Crippen LogP contribution < -0.4 is 0 Å². The molecule has 2 heterocycles. The lowest BCUT2D eigenvalue weighted by Gasteiger charge is -2.35. The van der Waals surface area contributed by atoms with Crippen molar-refractivity contribution in [2.45, 2.75) is 19.9 Å². The van der Waals surface area contributed by atoms with Gasteiger partial charge in [-0.15, -0.1) is 11.3 Å². The van der Waals surface area contributed by atoms with Gasteiger partial charge in [0.1, 0.15) is 0 Å². The summed E-state index contributed by atoms with van der Waals surface area (Å²) in [6.07, 6.45) is 2.81. The summed E-state index contributed by atoms with van der Waals surface area (Å²) in [5.41, 5.74) is 1.86. The first-order chi connectivity index (χ1) is 8.20. The van der Waals surface area contributed by atoms with E-state index in [1.807, 2.05) is 11.7 Å². The van der Waals surface area contributed by atoms with Crippen LogP contribution in [-0.2, 0) is 16.1 Å². The highest BCUT2D eigenvalue weighted by molar-refractivity contribution is 7.09. The molecule has 0 N–H and O–H groups in total. The Morgan fingerprint density at radius 2 is 2.53 bits per heavy atom. The topological polar surface area (TPSA) is 42.4 Å².